The van der Waals surface area contributed by atoms with Gasteiger partial charge in [-0.2, -0.15) is 0 Å². The molecule has 0 aromatic heterocycles. The van der Waals surface area contributed by atoms with Crippen molar-refractivity contribution in [2.24, 2.45) is 11.7 Å². The first kappa shape index (κ1) is 14.5. The molecule has 0 spiro atoms. The molecule has 0 radical (unpaired) electrons. The Labute approximate surface area is 118 Å². The Hall–Kier alpha value is -1.88. The number of hydrogen-bond acceptors (Lipinski definition) is 3. The van der Waals surface area contributed by atoms with Crippen molar-refractivity contribution < 1.29 is 14.7 Å². The number of carboxylic acid groups (broad SMARTS) is 1. The highest BCUT2D eigenvalue weighted by atomic mass is 16.4. The van der Waals surface area contributed by atoms with Crippen LogP contribution in [0, 0.1) is 5.92 Å². The van der Waals surface area contributed by atoms with Crippen LogP contribution in [-0.2, 0) is 16.0 Å². The third-order valence-electron chi connectivity index (χ3n) is 3.68. The van der Waals surface area contributed by atoms with Crippen LogP contribution in [0.25, 0.3) is 0 Å². The Morgan fingerprint density at radius 2 is 2.15 bits per heavy atom. The fourth-order valence-electron chi connectivity index (χ4n) is 2.60. The Morgan fingerprint density at radius 3 is 2.80 bits per heavy atom. The van der Waals surface area contributed by atoms with E-state index in [-0.39, 0.29) is 12.5 Å². The van der Waals surface area contributed by atoms with E-state index < -0.39 is 17.9 Å². The second-order valence-corrected chi connectivity index (χ2v) is 5.21. The summed E-state index contributed by atoms with van der Waals surface area (Å²) in [6.45, 7) is 2.17. The van der Waals surface area contributed by atoms with Crippen LogP contribution < -0.4 is 10.6 Å². The molecule has 0 saturated heterocycles. The summed E-state index contributed by atoms with van der Waals surface area (Å²) in [6, 6.07) is 6.86. The zero-order valence-corrected chi connectivity index (χ0v) is 11.6. The Bertz CT molecular complexity index is 516. The second-order valence-electron chi connectivity index (χ2n) is 5.21. The predicted octanol–water partition coefficient (Wildman–Crippen LogP) is 1.40. The maximum Gasteiger partial charge on any atom is 0.308 e. The molecule has 108 valence electrons. The van der Waals surface area contributed by atoms with Gasteiger partial charge in [-0.15, -0.1) is 0 Å². The summed E-state index contributed by atoms with van der Waals surface area (Å²) < 4.78 is 0. The standard InChI is InChI=1S/C15H20N2O3/c1-2-5-12(16)14(18)17-9-11(15(19)20)8-10-6-3-4-7-13(10)17/h3-4,6-7,11-12H,2,5,8-9,16H2,1H3,(H,19,20)/t11?,12-/m1/s1. The highest BCUT2D eigenvalue weighted by Crippen LogP contribution is 2.30. The van der Waals surface area contributed by atoms with Gasteiger partial charge in [0.05, 0.1) is 12.0 Å². The highest BCUT2D eigenvalue weighted by molar-refractivity contribution is 5.99. The van der Waals surface area contributed by atoms with Gasteiger partial charge >= 0.3 is 5.97 Å². The van der Waals surface area contributed by atoms with E-state index in [0.29, 0.717) is 12.8 Å². The number of fused-ring (bicyclic) bond motifs is 1. The molecule has 5 nitrogen and oxygen atoms in total. The van der Waals surface area contributed by atoms with Gasteiger partial charge in [0.25, 0.3) is 0 Å². The smallest absolute Gasteiger partial charge is 0.308 e. The third-order valence-corrected chi connectivity index (χ3v) is 3.68. The number of nitrogens with two attached hydrogens (primary N) is 1. The lowest BCUT2D eigenvalue weighted by Gasteiger charge is -2.34. The maximum atomic E-state index is 12.4. The summed E-state index contributed by atoms with van der Waals surface area (Å²) >= 11 is 0. The van der Waals surface area contributed by atoms with Crippen molar-refractivity contribution in [3.8, 4) is 0 Å². The zero-order valence-electron chi connectivity index (χ0n) is 11.6. The van der Waals surface area contributed by atoms with Crippen LogP contribution >= 0.6 is 0 Å². The van der Waals surface area contributed by atoms with Gasteiger partial charge in [-0.1, -0.05) is 31.5 Å². The van der Waals surface area contributed by atoms with Gasteiger partial charge in [0, 0.05) is 12.2 Å². The van der Waals surface area contributed by atoms with E-state index >= 15 is 0 Å². The van der Waals surface area contributed by atoms with Gasteiger partial charge in [0.15, 0.2) is 0 Å². The van der Waals surface area contributed by atoms with Gasteiger partial charge in [-0.3, -0.25) is 9.59 Å². The molecule has 5 heteroatoms. The largest absolute Gasteiger partial charge is 0.481 e. The zero-order chi connectivity index (χ0) is 14.7. The minimum absolute atomic E-state index is 0.190. The summed E-state index contributed by atoms with van der Waals surface area (Å²) in [5.41, 5.74) is 7.58. The fraction of sp³-hybridized carbons (Fsp3) is 0.467. The van der Waals surface area contributed by atoms with Crippen LogP contribution in [0.4, 0.5) is 5.69 Å². The lowest BCUT2D eigenvalue weighted by atomic mass is 9.92. The summed E-state index contributed by atoms with van der Waals surface area (Å²) in [5.74, 6) is -1.63. The van der Waals surface area contributed by atoms with E-state index in [9.17, 15) is 14.7 Å². The molecule has 0 saturated carbocycles. The maximum absolute atomic E-state index is 12.4. The van der Waals surface area contributed by atoms with Crippen molar-refractivity contribution in [1.82, 2.24) is 0 Å². The Balaban J connectivity index is 2.31. The Morgan fingerprint density at radius 1 is 1.45 bits per heavy atom. The summed E-state index contributed by atoms with van der Waals surface area (Å²) in [6.07, 6.45) is 1.89. The number of nitrogens with zero attached hydrogens (tertiary/aromatic N) is 1. The van der Waals surface area contributed by atoms with Crippen LogP contribution in [0.1, 0.15) is 25.3 Å². The van der Waals surface area contributed by atoms with E-state index in [1.54, 1.807) is 0 Å². The van der Waals surface area contributed by atoms with Gasteiger partial charge in [0.1, 0.15) is 0 Å². The minimum Gasteiger partial charge on any atom is -0.481 e. The van der Waals surface area contributed by atoms with Crippen molar-refractivity contribution in [1.29, 1.82) is 0 Å². The molecule has 1 aliphatic rings. The van der Waals surface area contributed by atoms with Gasteiger partial charge in [0.2, 0.25) is 5.91 Å². The molecule has 1 amide bonds. The van der Waals surface area contributed by atoms with E-state index in [0.717, 1.165) is 17.7 Å². The van der Waals surface area contributed by atoms with Crippen LogP contribution in [-0.4, -0.2) is 29.6 Å². The first-order valence-corrected chi connectivity index (χ1v) is 6.92. The molecule has 0 fully saturated rings. The molecular formula is C15H20N2O3. The quantitative estimate of drug-likeness (QED) is 0.870. The predicted molar refractivity (Wildman–Crippen MR) is 76.5 cm³/mol. The van der Waals surface area contributed by atoms with E-state index in [4.69, 9.17) is 5.73 Å². The average Bonchev–Trinajstić information content (AvgIpc) is 2.45. The molecular weight excluding hydrogens is 256 g/mol. The number of amides is 1. The molecule has 2 rings (SSSR count). The molecule has 1 aromatic rings. The van der Waals surface area contributed by atoms with Gasteiger partial charge in [-0.25, -0.2) is 0 Å². The monoisotopic (exact) mass is 276 g/mol. The van der Waals surface area contributed by atoms with Crippen LogP contribution in [0.15, 0.2) is 24.3 Å². The highest BCUT2D eigenvalue weighted by Gasteiger charge is 2.33. The summed E-state index contributed by atoms with van der Waals surface area (Å²) in [5, 5.41) is 9.24. The van der Waals surface area contributed by atoms with E-state index in [1.165, 1.54) is 4.90 Å². The third kappa shape index (κ3) is 2.82. The number of carbonyl (C=O) groups excluding carboxylic acids is 1. The lowest BCUT2D eigenvalue weighted by molar-refractivity contribution is -0.141. The lowest BCUT2D eigenvalue weighted by Crippen LogP contribution is -2.49. The SMILES string of the molecule is CCC[C@@H](N)C(=O)N1CC(C(=O)O)Cc2ccccc21. The number of benzene rings is 1. The van der Waals surface area contributed by atoms with Crippen LogP contribution in [0.5, 0.6) is 0 Å². The number of para-hydroxylation sites is 1. The Kier molecular flexibility index (Phi) is 4.39. The molecule has 3 N–H and O–H groups in total. The fourth-order valence-corrected chi connectivity index (χ4v) is 2.60. The number of anilines is 1. The van der Waals surface area contributed by atoms with Crippen molar-refractivity contribution in [2.75, 3.05) is 11.4 Å². The minimum atomic E-state index is -0.874. The normalized spacial score (nSPS) is 19.3. The van der Waals surface area contributed by atoms with Crippen molar-refractivity contribution in [3.05, 3.63) is 29.8 Å². The molecule has 1 unspecified atom stereocenters. The molecule has 0 bridgehead atoms. The number of carboxylic acids is 1. The first-order chi connectivity index (χ1) is 9.54. The number of hydrogen-bond donors (Lipinski definition) is 2. The average molecular weight is 276 g/mol. The number of aliphatic carboxylic acids is 1. The first-order valence-electron chi connectivity index (χ1n) is 6.92. The van der Waals surface area contributed by atoms with Gasteiger partial charge in [-0.05, 0) is 24.5 Å². The van der Waals surface area contributed by atoms with E-state index in [2.05, 4.69) is 0 Å². The topological polar surface area (TPSA) is 83.6 Å². The summed E-state index contributed by atoms with van der Waals surface area (Å²) in [4.78, 5) is 25.2. The molecule has 20 heavy (non-hydrogen) atoms. The molecule has 1 aromatic carbocycles. The summed E-state index contributed by atoms with van der Waals surface area (Å²) in [7, 11) is 0. The van der Waals surface area contributed by atoms with Gasteiger partial charge < -0.3 is 15.7 Å². The number of rotatable bonds is 4. The molecule has 0 aliphatic carbocycles. The molecule has 1 aliphatic heterocycles. The van der Waals surface area contributed by atoms with Crippen molar-refractivity contribution in [3.63, 3.8) is 0 Å². The van der Waals surface area contributed by atoms with Crippen molar-refractivity contribution >= 4 is 17.6 Å². The molecule has 1 heterocycles. The number of carbonyl (C=O) groups is 2. The van der Waals surface area contributed by atoms with Crippen LogP contribution in [0.3, 0.4) is 0 Å². The van der Waals surface area contributed by atoms with Crippen LogP contribution in [0.2, 0.25) is 0 Å². The second kappa shape index (κ2) is 6.05. The van der Waals surface area contributed by atoms with E-state index in [1.807, 2.05) is 31.2 Å². The van der Waals surface area contributed by atoms with Crippen molar-refractivity contribution in [2.45, 2.75) is 32.2 Å². The molecule has 2 atom stereocenters.